The summed E-state index contributed by atoms with van der Waals surface area (Å²) in [6.07, 6.45) is 1.41. The lowest BCUT2D eigenvalue weighted by Crippen LogP contribution is -1.88. The highest BCUT2D eigenvalue weighted by Crippen LogP contribution is 2.10. The highest BCUT2D eigenvalue weighted by atomic mass is 16.5. The second-order valence-electron chi connectivity index (χ2n) is 2.61. The molecule has 64 valence electrons. The zero-order chi connectivity index (χ0) is 8.97. The molecule has 0 radical (unpaired) electrons. The summed E-state index contributed by atoms with van der Waals surface area (Å²) in [5.74, 6) is 1.18. The van der Waals surface area contributed by atoms with Gasteiger partial charge in [-0.05, 0) is 0 Å². The average Bonchev–Trinajstić information content (AvgIpc) is 2.48. The Hall–Kier alpha value is -1.48. The van der Waals surface area contributed by atoms with E-state index in [1.54, 1.807) is 0 Å². The third-order valence-corrected chi connectivity index (χ3v) is 1.26. The van der Waals surface area contributed by atoms with Gasteiger partial charge in [-0.2, -0.15) is 9.98 Å². The van der Waals surface area contributed by atoms with Crippen molar-refractivity contribution in [3.63, 3.8) is 0 Å². The van der Waals surface area contributed by atoms with Gasteiger partial charge in [0.2, 0.25) is 12.0 Å². The average molecular weight is 167 g/mol. The minimum atomic E-state index is 0.139. The van der Waals surface area contributed by atoms with Gasteiger partial charge in [-0.1, -0.05) is 19.0 Å². The molecule has 1 rings (SSSR count). The van der Waals surface area contributed by atoms with E-state index in [0.717, 1.165) is 0 Å². The summed E-state index contributed by atoms with van der Waals surface area (Å²) in [5.41, 5.74) is 0. The molecule has 0 aromatic carbocycles. The van der Waals surface area contributed by atoms with Crippen molar-refractivity contribution in [1.29, 1.82) is 0 Å². The van der Waals surface area contributed by atoms with Crippen molar-refractivity contribution in [2.45, 2.75) is 26.3 Å². The second-order valence-corrected chi connectivity index (χ2v) is 2.61. The number of nitrogens with zero attached hydrogens (tertiary/aromatic N) is 3. The number of hydrogen-bond donors (Lipinski definition) is 0. The first kappa shape index (κ1) is 8.62. The van der Waals surface area contributed by atoms with E-state index in [0.29, 0.717) is 11.7 Å². The fourth-order valence-corrected chi connectivity index (χ4v) is 0.669. The van der Waals surface area contributed by atoms with Gasteiger partial charge >= 0.3 is 0 Å². The molecule has 0 atom stereocenters. The first-order valence-corrected chi connectivity index (χ1v) is 3.60. The van der Waals surface area contributed by atoms with Gasteiger partial charge in [0.25, 0.3) is 0 Å². The van der Waals surface area contributed by atoms with Crippen LogP contribution in [0.3, 0.4) is 0 Å². The topological polar surface area (TPSA) is 68.3 Å². The Labute approximate surface area is 69.5 Å². The molecule has 1 heterocycles. The summed E-state index contributed by atoms with van der Waals surface area (Å²) in [7, 11) is 0. The van der Waals surface area contributed by atoms with Crippen LogP contribution in [0.15, 0.2) is 9.52 Å². The first-order chi connectivity index (χ1) is 5.74. The normalized spacial score (nSPS) is 9.92. The number of aliphatic imine (C=N–C) groups is 1. The van der Waals surface area contributed by atoms with Gasteiger partial charge in [0.15, 0.2) is 5.82 Å². The molecule has 0 bridgehead atoms. The fraction of sp³-hybridized carbons (Fsp3) is 0.571. The van der Waals surface area contributed by atoms with Crippen LogP contribution in [0.5, 0.6) is 0 Å². The molecule has 12 heavy (non-hydrogen) atoms. The number of isocyanates is 1. The SMILES string of the molecule is CC(C)c1nc(CN=C=O)no1. The Morgan fingerprint density at radius 3 is 2.92 bits per heavy atom. The van der Waals surface area contributed by atoms with Crippen LogP contribution in [0.2, 0.25) is 0 Å². The van der Waals surface area contributed by atoms with Crippen molar-refractivity contribution in [3.05, 3.63) is 11.7 Å². The number of hydrogen-bond acceptors (Lipinski definition) is 5. The van der Waals surface area contributed by atoms with Gasteiger partial charge in [-0.15, -0.1) is 0 Å². The molecule has 1 aromatic rings. The number of rotatable bonds is 3. The molecular weight excluding hydrogens is 158 g/mol. The summed E-state index contributed by atoms with van der Waals surface area (Å²) in [4.78, 5) is 17.1. The monoisotopic (exact) mass is 167 g/mol. The molecule has 0 saturated carbocycles. The molecule has 0 N–H and O–H groups in total. The Balaban J connectivity index is 2.70. The van der Waals surface area contributed by atoms with Crippen LogP contribution in [0.4, 0.5) is 0 Å². The number of aromatic nitrogens is 2. The lowest BCUT2D eigenvalue weighted by molar-refractivity contribution is 0.361. The van der Waals surface area contributed by atoms with Gasteiger partial charge in [-0.25, -0.2) is 4.79 Å². The molecule has 0 spiro atoms. The molecule has 0 unspecified atom stereocenters. The van der Waals surface area contributed by atoms with Gasteiger partial charge in [0.05, 0.1) is 0 Å². The quantitative estimate of drug-likeness (QED) is 0.498. The van der Waals surface area contributed by atoms with Crippen molar-refractivity contribution >= 4 is 6.08 Å². The summed E-state index contributed by atoms with van der Waals surface area (Å²) >= 11 is 0. The van der Waals surface area contributed by atoms with Crippen molar-refractivity contribution in [3.8, 4) is 0 Å². The second kappa shape index (κ2) is 3.78. The Kier molecular flexibility index (Phi) is 2.71. The van der Waals surface area contributed by atoms with E-state index in [4.69, 9.17) is 4.52 Å². The maximum atomic E-state index is 9.74. The largest absolute Gasteiger partial charge is 0.339 e. The van der Waals surface area contributed by atoms with Crippen molar-refractivity contribution in [1.82, 2.24) is 10.1 Å². The van der Waals surface area contributed by atoms with Crippen molar-refractivity contribution < 1.29 is 9.32 Å². The molecule has 5 nitrogen and oxygen atoms in total. The van der Waals surface area contributed by atoms with Crippen LogP contribution in [0.1, 0.15) is 31.5 Å². The van der Waals surface area contributed by atoms with Crippen LogP contribution in [0.25, 0.3) is 0 Å². The lowest BCUT2D eigenvalue weighted by atomic mass is 10.2. The Morgan fingerprint density at radius 2 is 2.42 bits per heavy atom. The highest BCUT2D eigenvalue weighted by molar-refractivity contribution is 5.32. The van der Waals surface area contributed by atoms with E-state index in [2.05, 4.69) is 15.1 Å². The molecule has 0 fully saturated rings. The third-order valence-electron chi connectivity index (χ3n) is 1.26. The fourth-order valence-electron chi connectivity index (χ4n) is 0.669. The van der Waals surface area contributed by atoms with E-state index >= 15 is 0 Å². The summed E-state index contributed by atoms with van der Waals surface area (Å²) in [5, 5.41) is 3.62. The standard InChI is InChI=1S/C7H9N3O2/c1-5(2)7-9-6(10-12-7)3-8-4-11/h5H,3H2,1-2H3. The first-order valence-electron chi connectivity index (χ1n) is 3.60. The summed E-state index contributed by atoms with van der Waals surface area (Å²) in [6, 6.07) is 0. The van der Waals surface area contributed by atoms with Gasteiger partial charge in [0, 0.05) is 5.92 Å². The van der Waals surface area contributed by atoms with Crippen LogP contribution in [0, 0.1) is 0 Å². The summed E-state index contributed by atoms with van der Waals surface area (Å²) < 4.78 is 4.87. The van der Waals surface area contributed by atoms with E-state index in [9.17, 15) is 4.79 Å². The molecular formula is C7H9N3O2. The predicted molar refractivity (Wildman–Crippen MR) is 40.2 cm³/mol. The smallest absolute Gasteiger partial charge is 0.235 e. The van der Waals surface area contributed by atoms with Crippen molar-refractivity contribution in [2.75, 3.05) is 0 Å². The maximum absolute atomic E-state index is 9.74. The van der Waals surface area contributed by atoms with Crippen LogP contribution >= 0.6 is 0 Å². The van der Waals surface area contributed by atoms with E-state index in [1.807, 2.05) is 13.8 Å². The number of carbonyl (C=O) groups excluding carboxylic acids is 1. The Bertz CT molecular complexity index is 299. The molecule has 0 aliphatic carbocycles. The minimum absolute atomic E-state index is 0.139. The predicted octanol–water partition coefficient (Wildman–Crippen LogP) is 1.03. The van der Waals surface area contributed by atoms with Gasteiger partial charge < -0.3 is 4.52 Å². The van der Waals surface area contributed by atoms with Crippen molar-refractivity contribution in [2.24, 2.45) is 4.99 Å². The van der Waals surface area contributed by atoms with Crippen LogP contribution < -0.4 is 0 Å². The van der Waals surface area contributed by atoms with Crippen LogP contribution in [-0.2, 0) is 11.3 Å². The van der Waals surface area contributed by atoms with E-state index in [1.165, 1.54) is 6.08 Å². The molecule has 0 aliphatic rings. The van der Waals surface area contributed by atoms with E-state index in [-0.39, 0.29) is 12.5 Å². The maximum Gasteiger partial charge on any atom is 0.235 e. The molecule has 1 aromatic heterocycles. The third kappa shape index (κ3) is 2.00. The van der Waals surface area contributed by atoms with Gasteiger partial charge in [-0.3, -0.25) is 0 Å². The zero-order valence-corrected chi connectivity index (χ0v) is 6.94. The highest BCUT2D eigenvalue weighted by Gasteiger charge is 2.08. The lowest BCUT2D eigenvalue weighted by Gasteiger charge is -1.91. The summed E-state index contributed by atoms with van der Waals surface area (Å²) in [6.45, 7) is 4.03. The van der Waals surface area contributed by atoms with E-state index < -0.39 is 0 Å². The van der Waals surface area contributed by atoms with Gasteiger partial charge in [0.1, 0.15) is 6.54 Å². The molecule has 5 heteroatoms. The zero-order valence-electron chi connectivity index (χ0n) is 6.94. The Morgan fingerprint density at radius 1 is 1.67 bits per heavy atom. The molecule has 0 amide bonds. The molecule has 0 saturated heterocycles. The minimum Gasteiger partial charge on any atom is -0.339 e. The molecule has 0 aliphatic heterocycles. The van der Waals surface area contributed by atoms with Crippen LogP contribution in [-0.4, -0.2) is 16.2 Å².